The highest BCUT2D eigenvalue weighted by atomic mass is 35.5. The third kappa shape index (κ3) is 5.69. The van der Waals surface area contributed by atoms with Crippen LogP contribution in [0.1, 0.15) is 38.9 Å². The first-order valence-electron chi connectivity index (χ1n) is 9.54. The Labute approximate surface area is 182 Å². The third-order valence-corrected chi connectivity index (χ3v) is 5.63. The van der Waals surface area contributed by atoms with Crippen LogP contribution in [0.15, 0.2) is 60.7 Å². The summed E-state index contributed by atoms with van der Waals surface area (Å²) >= 11 is 12.3. The van der Waals surface area contributed by atoms with Gasteiger partial charge in [0.1, 0.15) is 16.2 Å². The van der Waals surface area contributed by atoms with Gasteiger partial charge < -0.3 is 9.47 Å². The van der Waals surface area contributed by atoms with Gasteiger partial charge in [-0.3, -0.25) is 4.79 Å². The summed E-state index contributed by atoms with van der Waals surface area (Å²) in [7, 11) is 0. The lowest BCUT2D eigenvalue weighted by Crippen LogP contribution is -2.15. The van der Waals surface area contributed by atoms with Crippen LogP contribution in [0.25, 0.3) is 0 Å². The van der Waals surface area contributed by atoms with Crippen molar-refractivity contribution in [1.29, 1.82) is 0 Å². The number of carbonyl (C=O) groups is 1. The minimum absolute atomic E-state index is 0.0694. The van der Waals surface area contributed by atoms with Crippen molar-refractivity contribution in [2.75, 3.05) is 0 Å². The molecule has 5 heteroatoms. The standard InChI is InChI=1S/C24H24Cl2O3/c1-23(2)19(16-24(3,25)26)21(23)22(27)29-20(17-10-6-4-7-11-17)14-15-28-18-12-8-5-9-13-18/h4-13,19-21H,16H2,1-3H3. The number of carbonyl (C=O) groups excluding carboxylic acids is 1. The van der Waals surface area contributed by atoms with Crippen LogP contribution < -0.4 is 4.74 Å². The van der Waals surface area contributed by atoms with Gasteiger partial charge in [0.15, 0.2) is 6.10 Å². The smallest absolute Gasteiger partial charge is 0.311 e. The zero-order valence-corrected chi connectivity index (χ0v) is 18.2. The average molecular weight is 431 g/mol. The Morgan fingerprint density at radius 3 is 2.28 bits per heavy atom. The number of ether oxygens (including phenoxy) is 2. The second-order valence-electron chi connectivity index (χ2n) is 8.07. The molecular formula is C24H24Cl2O3. The molecule has 2 aromatic carbocycles. The molecule has 3 unspecified atom stereocenters. The monoisotopic (exact) mass is 430 g/mol. The summed E-state index contributed by atoms with van der Waals surface area (Å²) < 4.78 is 10.4. The van der Waals surface area contributed by atoms with Gasteiger partial charge in [-0.15, -0.1) is 23.2 Å². The minimum atomic E-state index is -0.876. The summed E-state index contributed by atoms with van der Waals surface area (Å²) in [4.78, 5) is 12.9. The van der Waals surface area contributed by atoms with Crippen molar-refractivity contribution < 1.29 is 14.3 Å². The van der Waals surface area contributed by atoms with Gasteiger partial charge in [-0.05, 0) is 42.7 Å². The predicted octanol–water partition coefficient (Wildman–Crippen LogP) is 6.17. The molecule has 1 aliphatic rings. The van der Waals surface area contributed by atoms with E-state index in [0.29, 0.717) is 12.2 Å². The maximum absolute atomic E-state index is 12.9. The molecule has 1 fully saturated rings. The lowest BCUT2D eigenvalue weighted by molar-refractivity contribution is -0.149. The molecule has 0 amide bonds. The topological polar surface area (TPSA) is 35.5 Å². The van der Waals surface area contributed by atoms with Crippen LogP contribution in [-0.4, -0.2) is 10.3 Å². The lowest BCUT2D eigenvalue weighted by atomic mass is 10.1. The molecule has 0 N–H and O–H groups in total. The third-order valence-electron chi connectivity index (χ3n) is 5.32. The fourth-order valence-corrected chi connectivity index (χ4v) is 3.94. The van der Waals surface area contributed by atoms with Gasteiger partial charge in [0.05, 0.1) is 5.92 Å². The summed E-state index contributed by atoms with van der Waals surface area (Å²) in [5.41, 5.74) is 0.580. The van der Waals surface area contributed by atoms with Crippen molar-refractivity contribution >= 4 is 29.2 Å². The SMILES string of the molecule is CC(Cl)(Cl)CC1C(C(=O)OC(C#COc2ccccc2)c2ccccc2)C1(C)C. The van der Waals surface area contributed by atoms with Crippen LogP contribution in [0.4, 0.5) is 0 Å². The Hall–Kier alpha value is -2.15. The molecular weight excluding hydrogens is 407 g/mol. The van der Waals surface area contributed by atoms with Crippen molar-refractivity contribution in [2.45, 2.75) is 37.6 Å². The van der Waals surface area contributed by atoms with E-state index in [1.807, 2.05) is 74.5 Å². The number of para-hydroxylation sites is 1. The number of rotatable bonds is 6. The van der Waals surface area contributed by atoms with Crippen LogP contribution in [0.5, 0.6) is 5.75 Å². The van der Waals surface area contributed by atoms with Crippen molar-refractivity contribution in [2.24, 2.45) is 17.3 Å². The zero-order chi connectivity index (χ0) is 21.1. The zero-order valence-electron chi connectivity index (χ0n) is 16.7. The number of hydrogen-bond donors (Lipinski definition) is 0. The molecule has 3 nitrogen and oxygen atoms in total. The minimum Gasteiger partial charge on any atom is -0.444 e. The molecule has 29 heavy (non-hydrogen) atoms. The number of benzene rings is 2. The highest BCUT2D eigenvalue weighted by Gasteiger charge is 2.63. The average Bonchev–Trinajstić information content (AvgIpc) is 3.20. The number of hydrogen-bond acceptors (Lipinski definition) is 3. The van der Waals surface area contributed by atoms with Crippen LogP contribution in [0.2, 0.25) is 0 Å². The van der Waals surface area contributed by atoms with Crippen LogP contribution in [0.3, 0.4) is 0 Å². The van der Waals surface area contributed by atoms with Crippen molar-refractivity contribution in [3.63, 3.8) is 0 Å². The Morgan fingerprint density at radius 2 is 1.69 bits per heavy atom. The first-order chi connectivity index (χ1) is 13.7. The maximum atomic E-state index is 12.9. The largest absolute Gasteiger partial charge is 0.444 e. The number of halogens is 2. The first-order valence-corrected chi connectivity index (χ1v) is 10.3. The van der Waals surface area contributed by atoms with E-state index in [4.69, 9.17) is 32.7 Å². The molecule has 3 atom stereocenters. The first kappa shape index (κ1) is 21.6. The van der Waals surface area contributed by atoms with Gasteiger partial charge in [-0.25, -0.2) is 0 Å². The van der Waals surface area contributed by atoms with E-state index in [1.165, 1.54) is 0 Å². The summed E-state index contributed by atoms with van der Waals surface area (Å²) in [5, 5.41) is 0. The molecule has 152 valence electrons. The van der Waals surface area contributed by atoms with Crippen molar-refractivity contribution in [1.82, 2.24) is 0 Å². The molecule has 0 saturated heterocycles. The summed E-state index contributed by atoms with van der Waals surface area (Å²) in [6.45, 7) is 5.81. The molecule has 3 rings (SSSR count). The van der Waals surface area contributed by atoms with Gasteiger partial charge in [0.2, 0.25) is 0 Å². The Bertz CT molecular complexity index is 892. The Balaban J connectivity index is 1.73. The molecule has 0 aromatic heterocycles. The second-order valence-corrected chi connectivity index (χ2v) is 9.93. The number of alkyl halides is 2. The van der Waals surface area contributed by atoms with Gasteiger partial charge in [0.25, 0.3) is 0 Å². The van der Waals surface area contributed by atoms with Gasteiger partial charge in [-0.1, -0.05) is 62.4 Å². The highest BCUT2D eigenvalue weighted by molar-refractivity contribution is 6.48. The molecule has 2 aromatic rings. The van der Waals surface area contributed by atoms with Gasteiger partial charge >= 0.3 is 5.97 Å². The Morgan fingerprint density at radius 1 is 1.10 bits per heavy atom. The predicted molar refractivity (Wildman–Crippen MR) is 116 cm³/mol. The maximum Gasteiger partial charge on any atom is 0.311 e. The van der Waals surface area contributed by atoms with Crippen LogP contribution in [-0.2, 0) is 9.53 Å². The van der Waals surface area contributed by atoms with Crippen LogP contribution in [0, 0.1) is 29.3 Å². The molecule has 0 radical (unpaired) electrons. The Kier molecular flexibility index (Phi) is 6.46. The van der Waals surface area contributed by atoms with E-state index in [9.17, 15) is 4.79 Å². The highest BCUT2D eigenvalue weighted by Crippen LogP contribution is 2.62. The van der Waals surface area contributed by atoms with E-state index >= 15 is 0 Å². The summed E-state index contributed by atoms with van der Waals surface area (Å²) in [6.07, 6.45) is 2.48. The fourth-order valence-electron chi connectivity index (χ4n) is 3.61. The normalized spacial score (nSPS) is 20.7. The lowest BCUT2D eigenvalue weighted by Gasteiger charge is -2.14. The van der Waals surface area contributed by atoms with E-state index in [-0.39, 0.29) is 23.2 Å². The number of esters is 1. The van der Waals surface area contributed by atoms with Crippen LogP contribution >= 0.6 is 23.2 Å². The van der Waals surface area contributed by atoms with E-state index < -0.39 is 10.4 Å². The summed E-state index contributed by atoms with van der Waals surface area (Å²) in [5.74, 6) is 3.07. The molecule has 1 aliphatic carbocycles. The summed E-state index contributed by atoms with van der Waals surface area (Å²) in [6, 6.07) is 18.7. The van der Waals surface area contributed by atoms with E-state index in [0.717, 1.165) is 5.56 Å². The molecule has 1 saturated carbocycles. The van der Waals surface area contributed by atoms with E-state index in [1.54, 1.807) is 6.92 Å². The van der Waals surface area contributed by atoms with Gasteiger partial charge in [-0.2, -0.15) is 0 Å². The van der Waals surface area contributed by atoms with Crippen molar-refractivity contribution in [3.05, 3.63) is 66.2 Å². The molecule has 0 aliphatic heterocycles. The van der Waals surface area contributed by atoms with E-state index in [2.05, 4.69) is 12.0 Å². The fraction of sp³-hybridized carbons (Fsp3) is 0.375. The molecule has 0 bridgehead atoms. The van der Waals surface area contributed by atoms with Gasteiger partial charge in [0, 0.05) is 5.56 Å². The molecule has 0 spiro atoms. The quantitative estimate of drug-likeness (QED) is 0.312. The second kappa shape index (κ2) is 8.69. The molecule has 0 heterocycles. The van der Waals surface area contributed by atoms with Crippen molar-refractivity contribution in [3.8, 4) is 17.8 Å².